The number of carbonyl (C=O) groups excluding carboxylic acids is 2. The summed E-state index contributed by atoms with van der Waals surface area (Å²) >= 11 is 0. The summed E-state index contributed by atoms with van der Waals surface area (Å²) in [7, 11) is -10.9. The number of hydrogen-bond acceptors (Lipinski definition) is 16. The van der Waals surface area contributed by atoms with Gasteiger partial charge in [-0.1, -0.05) is 140 Å². The predicted octanol–water partition coefficient (Wildman–Crippen LogP) is 8.21. The van der Waals surface area contributed by atoms with E-state index >= 15 is 0 Å². The lowest BCUT2D eigenvalue weighted by molar-refractivity contribution is -0.161. The molecule has 1 saturated heterocycles. The number of unbranched alkanes of at least 4 members (excludes halogenated alkanes) is 12. The van der Waals surface area contributed by atoms with Crippen LogP contribution in [0.1, 0.15) is 155 Å². The van der Waals surface area contributed by atoms with Gasteiger partial charge in [0.15, 0.2) is 12.3 Å². The Hall–Kier alpha value is -3.32. The molecule has 0 aromatic carbocycles. The van der Waals surface area contributed by atoms with Gasteiger partial charge in [-0.25, -0.2) is 13.9 Å². The quantitative estimate of drug-likeness (QED) is 0.0120. The lowest BCUT2D eigenvalue weighted by Gasteiger charge is -2.21. The molecule has 2 rings (SSSR count). The highest BCUT2D eigenvalue weighted by Crippen LogP contribution is 2.60. The molecule has 8 atom stereocenters. The van der Waals surface area contributed by atoms with E-state index in [1.807, 2.05) is 30.4 Å². The minimum atomic E-state index is -5.44. The van der Waals surface area contributed by atoms with E-state index in [4.69, 9.17) is 29.0 Å². The summed E-state index contributed by atoms with van der Waals surface area (Å²) in [5.41, 5.74) is 4.57. The van der Waals surface area contributed by atoms with Gasteiger partial charge in [0.1, 0.15) is 30.7 Å². The molecule has 68 heavy (non-hydrogen) atoms. The molecule has 0 radical (unpaired) electrons. The van der Waals surface area contributed by atoms with Crippen molar-refractivity contribution in [2.24, 2.45) is 5.92 Å². The van der Waals surface area contributed by atoms with Crippen molar-refractivity contribution in [3.63, 3.8) is 0 Å². The van der Waals surface area contributed by atoms with E-state index in [1.54, 1.807) is 12.2 Å². The number of nitrogen functional groups attached to an aromatic ring is 1. The Morgan fingerprint density at radius 3 is 2.16 bits per heavy atom. The van der Waals surface area contributed by atoms with Crippen molar-refractivity contribution < 1.29 is 71.4 Å². The molecule has 1 aliphatic rings. The Morgan fingerprint density at radius 1 is 0.824 bits per heavy atom. The second-order valence-corrected chi connectivity index (χ2v) is 20.3. The fourth-order valence-corrected chi connectivity index (χ4v) is 8.98. The van der Waals surface area contributed by atoms with Crippen LogP contribution in [0.25, 0.3) is 0 Å². The predicted molar refractivity (Wildman–Crippen MR) is 258 cm³/mol. The topological polar surface area (TPSA) is 286 Å². The summed E-state index contributed by atoms with van der Waals surface area (Å²) < 4.78 is 56.5. The first-order valence-corrected chi connectivity index (χ1v) is 27.1. The SMILES string of the molecule is CCCCC/C=C\C[C@H](O)/C=C/C=C\C/C=C\CCCC(=O)O[C@H](COC(=O)CCCCCCCCCCCC(C)C)COP(=O)(O)OP(=O)(O)OC[C@H]1O[C@@H](n2ccc(N)nc2=O)[C@H](O)[C@@H]1O. The van der Waals surface area contributed by atoms with E-state index < -0.39 is 89.8 Å². The average molecular weight is 1000 g/mol. The van der Waals surface area contributed by atoms with Gasteiger partial charge in [0.25, 0.3) is 0 Å². The number of carbonyl (C=O) groups is 2. The van der Waals surface area contributed by atoms with E-state index in [-0.39, 0.29) is 18.7 Å². The molecule has 388 valence electrons. The first kappa shape index (κ1) is 60.8. The number of esters is 2. The number of aromatic nitrogens is 2. The average Bonchev–Trinajstić information content (AvgIpc) is 3.55. The minimum Gasteiger partial charge on any atom is -0.462 e. The number of ether oxygens (including phenoxy) is 3. The van der Waals surface area contributed by atoms with Crippen LogP contribution in [0, 0.1) is 5.92 Å². The molecule has 0 saturated carbocycles. The van der Waals surface area contributed by atoms with Crippen molar-refractivity contribution in [2.45, 2.75) is 186 Å². The molecule has 0 aliphatic carbocycles. The molecule has 0 bridgehead atoms. The number of anilines is 1. The van der Waals surface area contributed by atoms with Crippen LogP contribution in [-0.2, 0) is 46.3 Å². The zero-order chi connectivity index (χ0) is 50.2. The Kier molecular flexibility index (Phi) is 31.2. The van der Waals surface area contributed by atoms with Gasteiger partial charge in [-0.3, -0.25) is 23.2 Å². The summed E-state index contributed by atoms with van der Waals surface area (Å²) in [4.78, 5) is 61.7. The number of rotatable bonds is 38. The maximum Gasteiger partial charge on any atom is 0.481 e. The number of phosphoric ester groups is 2. The molecule has 7 N–H and O–H groups in total. The molecule has 21 heteroatoms. The fourth-order valence-electron chi connectivity index (χ4n) is 6.87. The number of hydrogen-bond donors (Lipinski definition) is 6. The third-order valence-electron chi connectivity index (χ3n) is 10.7. The van der Waals surface area contributed by atoms with Crippen LogP contribution in [0.15, 0.2) is 65.7 Å². The van der Waals surface area contributed by atoms with Crippen LogP contribution in [0.3, 0.4) is 0 Å². The summed E-state index contributed by atoms with van der Waals surface area (Å²) in [6, 6.07) is 1.24. The molecular formula is C47H79N3O16P2. The Bertz CT molecular complexity index is 1860. The highest BCUT2D eigenvalue weighted by molar-refractivity contribution is 7.61. The van der Waals surface area contributed by atoms with Gasteiger partial charge in [-0.2, -0.15) is 9.29 Å². The van der Waals surface area contributed by atoms with Crippen LogP contribution in [0.4, 0.5) is 5.82 Å². The Morgan fingerprint density at radius 2 is 1.47 bits per heavy atom. The second-order valence-electron chi connectivity index (χ2n) is 17.3. The number of aliphatic hydroxyl groups is 3. The van der Waals surface area contributed by atoms with Gasteiger partial charge in [0.05, 0.1) is 19.3 Å². The molecule has 1 fully saturated rings. The molecule has 1 aromatic heterocycles. The molecule has 0 amide bonds. The summed E-state index contributed by atoms with van der Waals surface area (Å²) in [5.74, 6) is -0.681. The zero-order valence-corrected chi connectivity index (χ0v) is 42.0. The first-order chi connectivity index (χ1) is 32.4. The van der Waals surface area contributed by atoms with Crippen LogP contribution in [0.5, 0.6) is 0 Å². The highest BCUT2D eigenvalue weighted by Gasteiger charge is 2.46. The summed E-state index contributed by atoms with van der Waals surface area (Å²) in [6.45, 7) is 4.24. The van der Waals surface area contributed by atoms with Gasteiger partial charge in [-0.05, 0) is 56.9 Å². The molecule has 2 unspecified atom stereocenters. The van der Waals surface area contributed by atoms with Crippen molar-refractivity contribution in [2.75, 3.05) is 25.6 Å². The van der Waals surface area contributed by atoms with Crippen molar-refractivity contribution >= 4 is 33.4 Å². The number of nitrogens with two attached hydrogens (primary N) is 1. The fraction of sp³-hybridized carbons (Fsp3) is 0.702. The van der Waals surface area contributed by atoms with E-state index in [0.717, 1.165) is 55.2 Å². The van der Waals surface area contributed by atoms with E-state index in [1.165, 1.54) is 51.0 Å². The van der Waals surface area contributed by atoms with Crippen LogP contribution < -0.4 is 11.4 Å². The highest BCUT2D eigenvalue weighted by atomic mass is 31.3. The molecule has 0 spiro atoms. The smallest absolute Gasteiger partial charge is 0.462 e. The molecule has 19 nitrogen and oxygen atoms in total. The molecule has 1 aliphatic heterocycles. The van der Waals surface area contributed by atoms with Crippen molar-refractivity contribution in [1.29, 1.82) is 0 Å². The molecular weight excluding hydrogens is 924 g/mol. The number of aliphatic hydroxyl groups excluding tert-OH is 3. The third kappa shape index (κ3) is 28.4. The number of allylic oxidation sites excluding steroid dienone is 6. The Labute approximate surface area is 402 Å². The molecule has 2 heterocycles. The largest absolute Gasteiger partial charge is 0.481 e. The normalized spacial score (nSPS) is 20.4. The van der Waals surface area contributed by atoms with Crippen molar-refractivity contribution in [3.05, 3.63) is 71.4 Å². The van der Waals surface area contributed by atoms with Crippen molar-refractivity contribution in [3.8, 4) is 0 Å². The maximum absolute atomic E-state index is 12.8. The Balaban J connectivity index is 1.87. The summed E-state index contributed by atoms with van der Waals surface area (Å²) in [5, 5.41) is 31.0. The van der Waals surface area contributed by atoms with E-state index in [2.05, 4.69) is 36.1 Å². The number of phosphoric acid groups is 2. The van der Waals surface area contributed by atoms with Gasteiger partial charge in [0.2, 0.25) is 0 Å². The van der Waals surface area contributed by atoms with Crippen molar-refractivity contribution in [1.82, 2.24) is 9.55 Å². The maximum atomic E-state index is 12.8. The molecule has 1 aromatic rings. The minimum absolute atomic E-state index is 0.0582. The third-order valence-corrected chi connectivity index (χ3v) is 13.3. The van der Waals surface area contributed by atoms with E-state index in [9.17, 15) is 48.6 Å². The number of nitrogens with zero attached hydrogens (tertiary/aromatic N) is 2. The van der Waals surface area contributed by atoms with E-state index in [0.29, 0.717) is 32.1 Å². The van der Waals surface area contributed by atoms with Gasteiger partial charge < -0.3 is 45.1 Å². The lowest BCUT2D eigenvalue weighted by Crippen LogP contribution is -2.36. The standard InChI is InChI=1S/C47H79N3O16P2/c1-4-5-6-7-18-23-28-38(51)29-24-19-14-11-12-16-21-26-31-43(53)64-39(34-61-42(52)30-25-20-15-10-8-9-13-17-22-27-37(2)3)35-62-67(57,58)66-68(59,60)63-36-40-44(54)45(55)46(65-40)50-33-32-41(48)49-47(50)56/h12,14,16,18-19,23-24,29,32-33,37-40,44-46,51,54-55H,4-11,13,15,17,20-22,25-28,30-31,34-36H2,1-3H3,(H,57,58)(H,59,60)(H2,48,49,56)/b16-12-,19-14-,23-18-,29-24+/t38-,39+,40+,44+,45+,46+/m0/s1. The van der Waals surface area contributed by atoms with Crippen LogP contribution >= 0.6 is 15.6 Å². The van der Waals surface area contributed by atoms with Crippen LogP contribution in [0.2, 0.25) is 0 Å². The second kappa shape index (κ2) is 34.9. The lowest BCUT2D eigenvalue weighted by atomic mass is 10.0. The first-order valence-electron chi connectivity index (χ1n) is 24.1. The van der Waals surface area contributed by atoms with Gasteiger partial charge in [-0.15, -0.1) is 0 Å². The monoisotopic (exact) mass is 1000 g/mol. The zero-order valence-electron chi connectivity index (χ0n) is 40.2. The summed E-state index contributed by atoms with van der Waals surface area (Å²) in [6.07, 6.45) is 25.4. The van der Waals surface area contributed by atoms with Gasteiger partial charge >= 0.3 is 33.3 Å². The van der Waals surface area contributed by atoms with Gasteiger partial charge in [0, 0.05) is 19.0 Å². The van der Waals surface area contributed by atoms with Crippen LogP contribution in [-0.4, -0.2) is 96.9 Å².